The van der Waals surface area contributed by atoms with Crippen LogP contribution in [-0.2, 0) is 22.7 Å². The van der Waals surface area contributed by atoms with Crippen LogP contribution in [0.15, 0.2) is 5.38 Å². The number of aromatic nitrogens is 1. The number of hydrogen-bond donors (Lipinski definition) is 1. The van der Waals surface area contributed by atoms with Crippen molar-refractivity contribution < 1.29 is 8.42 Å². The fourth-order valence-electron chi connectivity index (χ4n) is 2.09. The second-order valence-electron chi connectivity index (χ2n) is 4.42. The lowest BCUT2D eigenvalue weighted by Crippen LogP contribution is -2.18. The lowest BCUT2D eigenvalue weighted by Gasteiger charge is -2.05. The normalized spacial score (nSPS) is 23.0. The summed E-state index contributed by atoms with van der Waals surface area (Å²) in [7, 11) is -0.924. The molecule has 1 N–H and O–H groups in total. The molecule has 2 heterocycles. The molecule has 2 rings (SSSR count). The molecule has 96 valence electrons. The number of rotatable bonds is 5. The van der Waals surface area contributed by atoms with Crippen LogP contribution in [-0.4, -0.2) is 38.0 Å². The highest BCUT2D eigenvalue weighted by molar-refractivity contribution is 7.92. The van der Waals surface area contributed by atoms with Crippen LogP contribution in [0.25, 0.3) is 0 Å². The Bertz CT molecular complexity index is 468. The first kappa shape index (κ1) is 13.0. The molecule has 1 aromatic rings. The van der Waals surface area contributed by atoms with E-state index in [2.05, 4.69) is 10.3 Å². The maximum absolute atomic E-state index is 11.7. The molecule has 0 spiro atoms. The van der Waals surface area contributed by atoms with Crippen LogP contribution in [0, 0.1) is 0 Å². The Kier molecular flexibility index (Phi) is 4.17. The SMILES string of the molecule is CNCCc1csc(CC2CCCS2(=O)=O)n1. The number of nitrogens with zero attached hydrogens (tertiary/aromatic N) is 1. The summed E-state index contributed by atoms with van der Waals surface area (Å²) in [4.78, 5) is 4.49. The van der Waals surface area contributed by atoms with Crippen molar-refractivity contribution in [1.29, 1.82) is 0 Å². The third kappa shape index (κ3) is 3.26. The lowest BCUT2D eigenvalue weighted by molar-refractivity contribution is 0.588. The second kappa shape index (κ2) is 5.46. The number of sulfone groups is 1. The smallest absolute Gasteiger partial charge is 0.153 e. The van der Waals surface area contributed by atoms with Gasteiger partial charge in [-0.05, 0) is 19.9 Å². The highest BCUT2D eigenvalue weighted by Gasteiger charge is 2.31. The zero-order valence-corrected chi connectivity index (χ0v) is 11.6. The Morgan fingerprint density at radius 2 is 2.41 bits per heavy atom. The van der Waals surface area contributed by atoms with Gasteiger partial charge in [0.1, 0.15) is 0 Å². The summed E-state index contributed by atoms with van der Waals surface area (Å²) in [6.07, 6.45) is 3.12. The molecule has 1 fully saturated rings. The summed E-state index contributed by atoms with van der Waals surface area (Å²) in [5.41, 5.74) is 1.06. The van der Waals surface area contributed by atoms with E-state index < -0.39 is 9.84 Å². The Morgan fingerprint density at radius 3 is 3.06 bits per heavy atom. The Morgan fingerprint density at radius 1 is 1.59 bits per heavy atom. The van der Waals surface area contributed by atoms with E-state index in [1.54, 1.807) is 11.3 Å². The van der Waals surface area contributed by atoms with Gasteiger partial charge in [-0.15, -0.1) is 11.3 Å². The highest BCUT2D eigenvalue weighted by atomic mass is 32.2. The minimum absolute atomic E-state index is 0.189. The zero-order valence-electron chi connectivity index (χ0n) is 9.98. The molecule has 1 aliphatic heterocycles. The molecule has 0 bridgehead atoms. The predicted octanol–water partition coefficient (Wildman–Crippen LogP) is 1.02. The topological polar surface area (TPSA) is 59.1 Å². The molecule has 17 heavy (non-hydrogen) atoms. The molecular formula is C11H18N2O2S2. The molecule has 0 saturated carbocycles. The average molecular weight is 274 g/mol. The van der Waals surface area contributed by atoms with Crippen molar-refractivity contribution in [3.8, 4) is 0 Å². The molecular weight excluding hydrogens is 256 g/mol. The van der Waals surface area contributed by atoms with Gasteiger partial charge in [-0.2, -0.15) is 0 Å². The summed E-state index contributed by atoms with van der Waals surface area (Å²) < 4.78 is 23.4. The zero-order chi connectivity index (χ0) is 12.3. The van der Waals surface area contributed by atoms with Crippen molar-refractivity contribution >= 4 is 21.2 Å². The van der Waals surface area contributed by atoms with E-state index in [-0.39, 0.29) is 5.25 Å². The number of hydrogen-bond acceptors (Lipinski definition) is 5. The molecule has 0 aliphatic carbocycles. The fourth-order valence-corrected chi connectivity index (χ4v) is 4.95. The Hall–Kier alpha value is -0.460. The van der Waals surface area contributed by atoms with Gasteiger partial charge in [-0.3, -0.25) is 0 Å². The summed E-state index contributed by atoms with van der Waals surface area (Å²) >= 11 is 1.58. The third-order valence-corrected chi connectivity index (χ3v) is 6.29. The number of likely N-dealkylation sites (N-methyl/N-ethyl adjacent to an activating group) is 1. The van der Waals surface area contributed by atoms with Gasteiger partial charge in [0.15, 0.2) is 9.84 Å². The van der Waals surface area contributed by atoms with Crippen molar-refractivity contribution in [1.82, 2.24) is 10.3 Å². The fraction of sp³-hybridized carbons (Fsp3) is 0.727. The summed E-state index contributed by atoms with van der Waals surface area (Å²) in [6.45, 7) is 0.908. The van der Waals surface area contributed by atoms with E-state index in [1.165, 1.54) is 0 Å². The van der Waals surface area contributed by atoms with Gasteiger partial charge >= 0.3 is 0 Å². The van der Waals surface area contributed by atoms with Gasteiger partial charge in [0, 0.05) is 24.8 Å². The van der Waals surface area contributed by atoms with Crippen LogP contribution in [0.2, 0.25) is 0 Å². The van der Waals surface area contributed by atoms with Crippen LogP contribution in [0.5, 0.6) is 0 Å². The monoisotopic (exact) mass is 274 g/mol. The summed E-state index contributed by atoms with van der Waals surface area (Å²) in [5, 5.41) is 5.89. The van der Waals surface area contributed by atoms with Gasteiger partial charge in [0.05, 0.1) is 21.7 Å². The van der Waals surface area contributed by atoms with E-state index in [1.807, 2.05) is 12.4 Å². The van der Waals surface area contributed by atoms with E-state index in [9.17, 15) is 8.42 Å². The molecule has 1 atom stereocenters. The maximum atomic E-state index is 11.7. The van der Waals surface area contributed by atoms with Crippen LogP contribution in [0.1, 0.15) is 23.5 Å². The van der Waals surface area contributed by atoms with Crippen molar-refractivity contribution in [2.75, 3.05) is 19.3 Å². The first-order chi connectivity index (χ1) is 8.12. The van der Waals surface area contributed by atoms with E-state index in [0.717, 1.165) is 36.5 Å². The maximum Gasteiger partial charge on any atom is 0.153 e. The van der Waals surface area contributed by atoms with Gasteiger partial charge in [-0.25, -0.2) is 13.4 Å². The molecule has 1 saturated heterocycles. The molecule has 0 radical (unpaired) electrons. The number of nitrogens with one attached hydrogen (secondary N) is 1. The first-order valence-electron chi connectivity index (χ1n) is 5.91. The first-order valence-corrected chi connectivity index (χ1v) is 8.51. The Labute approximate surface area is 106 Å². The van der Waals surface area contributed by atoms with Crippen LogP contribution < -0.4 is 5.32 Å². The van der Waals surface area contributed by atoms with Crippen LogP contribution in [0.4, 0.5) is 0 Å². The van der Waals surface area contributed by atoms with Crippen molar-refractivity contribution in [3.63, 3.8) is 0 Å². The van der Waals surface area contributed by atoms with Gasteiger partial charge in [0.2, 0.25) is 0 Å². The quantitative estimate of drug-likeness (QED) is 0.871. The van der Waals surface area contributed by atoms with Gasteiger partial charge in [-0.1, -0.05) is 0 Å². The summed E-state index contributed by atoms with van der Waals surface area (Å²) in [5.74, 6) is 0.357. The van der Waals surface area contributed by atoms with Crippen molar-refractivity contribution in [3.05, 3.63) is 16.1 Å². The summed E-state index contributed by atoms with van der Waals surface area (Å²) in [6, 6.07) is 0. The lowest BCUT2D eigenvalue weighted by atomic mass is 10.2. The van der Waals surface area contributed by atoms with E-state index in [4.69, 9.17) is 0 Å². The van der Waals surface area contributed by atoms with Crippen LogP contribution >= 0.6 is 11.3 Å². The van der Waals surface area contributed by atoms with Crippen molar-refractivity contribution in [2.24, 2.45) is 0 Å². The molecule has 1 aromatic heterocycles. The van der Waals surface area contributed by atoms with Gasteiger partial charge < -0.3 is 5.32 Å². The second-order valence-corrected chi connectivity index (χ2v) is 7.76. The highest BCUT2D eigenvalue weighted by Crippen LogP contribution is 2.24. The van der Waals surface area contributed by atoms with Crippen molar-refractivity contribution in [2.45, 2.75) is 30.9 Å². The van der Waals surface area contributed by atoms with E-state index in [0.29, 0.717) is 12.2 Å². The molecule has 6 heteroatoms. The van der Waals surface area contributed by atoms with Gasteiger partial charge in [0.25, 0.3) is 0 Å². The average Bonchev–Trinajstić information content (AvgIpc) is 2.84. The molecule has 0 amide bonds. The molecule has 4 nitrogen and oxygen atoms in total. The Balaban J connectivity index is 1.97. The largest absolute Gasteiger partial charge is 0.319 e. The molecule has 1 unspecified atom stereocenters. The predicted molar refractivity (Wildman–Crippen MR) is 70.3 cm³/mol. The van der Waals surface area contributed by atoms with Crippen LogP contribution in [0.3, 0.4) is 0 Å². The molecule has 0 aromatic carbocycles. The molecule has 1 aliphatic rings. The number of thiazole rings is 1. The van der Waals surface area contributed by atoms with E-state index >= 15 is 0 Å². The minimum Gasteiger partial charge on any atom is -0.319 e. The minimum atomic E-state index is -2.84. The third-order valence-electron chi connectivity index (χ3n) is 3.10. The standard InChI is InChI=1S/C11H18N2O2S2/c1-12-5-4-9-8-16-11(13-9)7-10-3-2-6-17(10,14)15/h8,10,12H,2-7H2,1H3.